The summed E-state index contributed by atoms with van der Waals surface area (Å²) >= 11 is 0. The Kier molecular flexibility index (Phi) is 3.84. The maximum Gasteiger partial charge on any atom is 0.244 e. The molecule has 0 aromatic carbocycles. The van der Waals surface area contributed by atoms with Crippen LogP contribution in [0.25, 0.3) is 0 Å². The van der Waals surface area contributed by atoms with E-state index in [0.29, 0.717) is 12.8 Å². The van der Waals surface area contributed by atoms with Crippen molar-refractivity contribution < 1.29 is 13.5 Å². The summed E-state index contributed by atoms with van der Waals surface area (Å²) in [7, 11) is -3.72. The minimum absolute atomic E-state index is 0.0321. The fourth-order valence-corrected chi connectivity index (χ4v) is 3.53. The lowest BCUT2D eigenvalue weighted by Crippen LogP contribution is -2.45. The average molecular weight is 271 g/mol. The van der Waals surface area contributed by atoms with Gasteiger partial charge in [0.2, 0.25) is 10.0 Å². The first kappa shape index (κ1) is 13.3. The molecule has 7 heteroatoms. The molecular formula is C11H17N3O3S. The molecule has 4 N–H and O–H groups in total. The van der Waals surface area contributed by atoms with E-state index in [2.05, 4.69) is 9.71 Å². The van der Waals surface area contributed by atoms with E-state index in [1.807, 2.05) is 0 Å². The van der Waals surface area contributed by atoms with Crippen molar-refractivity contribution in [3.63, 3.8) is 0 Å². The van der Waals surface area contributed by atoms with Crippen molar-refractivity contribution in [2.24, 2.45) is 0 Å². The largest absolute Gasteiger partial charge is 0.391 e. The zero-order chi connectivity index (χ0) is 13.2. The third-order valence-electron chi connectivity index (χ3n) is 3.13. The Morgan fingerprint density at radius 1 is 1.39 bits per heavy atom. The van der Waals surface area contributed by atoms with E-state index in [4.69, 9.17) is 5.73 Å². The third kappa shape index (κ3) is 2.80. The molecule has 1 aromatic rings. The Hall–Kier alpha value is -1.18. The first-order valence-corrected chi connectivity index (χ1v) is 7.40. The monoisotopic (exact) mass is 271 g/mol. The summed E-state index contributed by atoms with van der Waals surface area (Å²) in [5.74, 6) is -0.0321. The van der Waals surface area contributed by atoms with E-state index >= 15 is 0 Å². The number of rotatable bonds is 3. The number of nitrogens with one attached hydrogen (secondary N) is 1. The van der Waals surface area contributed by atoms with Gasteiger partial charge in [-0.05, 0) is 25.0 Å². The molecule has 6 nitrogen and oxygen atoms in total. The summed E-state index contributed by atoms with van der Waals surface area (Å²) in [5.41, 5.74) is 5.55. The highest BCUT2D eigenvalue weighted by molar-refractivity contribution is 7.89. The van der Waals surface area contributed by atoms with Gasteiger partial charge in [-0.1, -0.05) is 12.8 Å². The second kappa shape index (κ2) is 5.21. The minimum atomic E-state index is -3.72. The Morgan fingerprint density at radius 3 is 2.78 bits per heavy atom. The van der Waals surface area contributed by atoms with Gasteiger partial charge in [-0.25, -0.2) is 18.1 Å². The topological polar surface area (TPSA) is 105 Å². The number of hydrogen-bond acceptors (Lipinski definition) is 5. The maximum absolute atomic E-state index is 12.1. The van der Waals surface area contributed by atoms with Crippen LogP contribution in [0.1, 0.15) is 25.7 Å². The Morgan fingerprint density at radius 2 is 2.11 bits per heavy atom. The van der Waals surface area contributed by atoms with Crippen LogP contribution >= 0.6 is 0 Å². The molecule has 1 fully saturated rings. The van der Waals surface area contributed by atoms with Crippen molar-refractivity contribution in [1.82, 2.24) is 9.71 Å². The number of pyridine rings is 1. The van der Waals surface area contributed by atoms with Crippen molar-refractivity contribution in [1.29, 1.82) is 0 Å². The highest BCUT2D eigenvalue weighted by Gasteiger charge is 2.29. The number of hydrogen-bond donors (Lipinski definition) is 3. The predicted molar refractivity (Wildman–Crippen MR) is 67.2 cm³/mol. The number of aliphatic hydroxyl groups is 1. The number of nitrogens with zero attached hydrogens (tertiary/aromatic N) is 1. The standard InChI is InChI=1S/C11H17N3O3S/c12-11-10(6-3-7-13-11)18(16,17)14-8-4-1-2-5-9(8)15/h3,6-9,14-15H,1-2,4-5H2,(H2,12,13)/t8-,9-/m0/s1. The molecule has 1 aliphatic rings. The molecule has 1 heterocycles. The van der Waals surface area contributed by atoms with Gasteiger partial charge in [-0.3, -0.25) is 0 Å². The zero-order valence-corrected chi connectivity index (χ0v) is 10.7. The first-order valence-electron chi connectivity index (χ1n) is 5.91. The van der Waals surface area contributed by atoms with Crippen molar-refractivity contribution in [3.05, 3.63) is 18.3 Å². The molecule has 2 rings (SSSR count). The lowest BCUT2D eigenvalue weighted by Gasteiger charge is -2.28. The van der Waals surface area contributed by atoms with Crippen molar-refractivity contribution in [2.45, 2.75) is 42.7 Å². The van der Waals surface area contributed by atoms with E-state index in [0.717, 1.165) is 12.8 Å². The number of aromatic nitrogens is 1. The molecule has 0 amide bonds. The molecule has 1 aliphatic carbocycles. The average Bonchev–Trinajstić information content (AvgIpc) is 2.32. The van der Waals surface area contributed by atoms with Crippen LogP contribution in [0.5, 0.6) is 0 Å². The van der Waals surface area contributed by atoms with E-state index in [1.54, 1.807) is 0 Å². The van der Waals surface area contributed by atoms with Crippen molar-refractivity contribution in [3.8, 4) is 0 Å². The Balaban J connectivity index is 2.19. The van der Waals surface area contributed by atoms with Crippen LogP contribution in [0.2, 0.25) is 0 Å². The summed E-state index contributed by atoms with van der Waals surface area (Å²) in [6.45, 7) is 0. The molecule has 0 aliphatic heterocycles. The van der Waals surface area contributed by atoms with Crippen LogP contribution in [0.15, 0.2) is 23.2 Å². The number of anilines is 1. The van der Waals surface area contributed by atoms with Gasteiger partial charge in [0.25, 0.3) is 0 Å². The van der Waals surface area contributed by atoms with Gasteiger partial charge in [0, 0.05) is 12.2 Å². The van der Waals surface area contributed by atoms with E-state index in [-0.39, 0.29) is 10.7 Å². The van der Waals surface area contributed by atoms with Crippen molar-refractivity contribution in [2.75, 3.05) is 5.73 Å². The van der Waals surface area contributed by atoms with Gasteiger partial charge >= 0.3 is 0 Å². The quantitative estimate of drug-likeness (QED) is 0.730. The van der Waals surface area contributed by atoms with Crippen LogP contribution in [0, 0.1) is 0 Å². The molecular weight excluding hydrogens is 254 g/mol. The first-order chi connectivity index (χ1) is 8.50. The van der Waals surface area contributed by atoms with E-state index in [1.165, 1.54) is 18.3 Å². The van der Waals surface area contributed by atoms with Gasteiger partial charge < -0.3 is 10.8 Å². The van der Waals surface area contributed by atoms with Gasteiger partial charge in [-0.2, -0.15) is 0 Å². The number of nitrogen functional groups attached to an aromatic ring is 1. The molecule has 100 valence electrons. The molecule has 18 heavy (non-hydrogen) atoms. The van der Waals surface area contributed by atoms with Crippen LogP contribution in [0.4, 0.5) is 5.82 Å². The van der Waals surface area contributed by atoms with Crippen LogP contribution in [0.3, 0.4) is 0 Å². The Labute approximate surface area is 106 Å². The molecule has 0 radical (unpaired) electrons. The van der Waals surface area contributed by atoms with Crippen LogP contribution in [-0.2, 0) is 10.0 Å². The molecule has 0 unspecified atom stereocenters. The summed E-state index contributed by atoms with van der Waals surface area (Å²) < 4.78 is 26.8. The molecule has 0 spiro atoms. The number of aliphatic hydroxyl groups excluding tert-OH is 1. The summed E-state index contributed by atoms with van der Waals surface area (Å²) in [6, 6.07) is 2.48. The summed E-state index contributed by atoms with van der Waals surface area (Å²) in [6.07, 6.45) is 3.90. The maximum atomic E-state index is 12.1. The van der Waals surface area contributed by atoms with Crippen molar-refractivity contribution >= 4 is 15.8 Å². The van der Waals surface area contributed by atoms with Crippen LogP contribution in [-0.4, -0.2) is 30.7 Å². The fourth-order valence-electron chi connectivity index (χ4n) is 2.14. The molecule has 0 saturated heterocycles. The molecule has 0 bridgehead atoms. The lowest BCUT2D eigenvalue weighted by atomic mass is 9.93. The molecule has 2 atom stereocenters. The zero-order valence-electron chi connectivity index (χ0n) is 9.91. The summed E-state index contributed by atoms with van der Waals surface area (Å²) in [4.78, 5) is 3.71. The van der Waals surface area contributed by atoms with E-state index < -0.39 is 22.2 Å². The predicted octanol–water partition coefficient (Wildman–Crippen LogP) is 0.246. The highest BCUT2D eigenvalue weighted by Crippen LogP contribution is 2.21. The third-order valence-corrected chi connectivity index (χ3v) is 4.66. The Bertz CT molecular complexity index is 518. The normalized spacial score (nSPS) is 24.9. The molecule has 1 saturated carbocycles. The second-order valence-electron chi connectivity index (χ2n) is 4.47. The SMILES string of the molecule is Nc1ncccc1S(=O)(=O)N[C@H]1CCCC[C@@H]1O. The second-order valence-corrected chi connectivity index (χ2v) is 6.15. The molecule has 1 aromatic heterocycles. The highest BCUT2D eigenvalue weighted by atomic mass is 32.2. The number of nitrogens with two attached hydrogens (primary N) is 1. The van der Waals surface area contributed by atoms with Gasteiger partial charge in [0.05, 0.1) is 6.10 Å². The lowest BCUT2D eigenvalue weighted by molar-refractivity contribution is 0.101. The minimum Gasteiger partial charge on any atom is -0.391 e. The van der Waals surface area contributed by atoms with Gasteiger partial charge in [0.1, 0.15) is 10.7 Å². The van der Waals surface area contributed by atoms with E-state index in [9.17, 15) is 13.5 Å². The fraction of sp³-hybridized carbons (Fsp3) is 0.545. The van der Waals surface area contributed by atoms with Gasteiger partial charge in [0.15, 0.2) is 0 Å². The van der Waals surface area contributed by atoms with Crippen LogP contribution < -0.4 is 10.5 Å². The smallest absolute Gasteiger partial charge is 0.244 e. The summed E-state index contributed by atoms with van der Waals surface area (Å²) in [5, 5.41) is 9.77. The number of sulfonamides is 1. The van der Waals surface area contributed by atoms with Gasteiger partial charge in [-0.15, -0.1) is 0 Å².